The van der Waals surface area contributed by atoms with E-state index < -0.39 is 0 Å². The highest BCUT2D eigenvalue weighted by Crippen LogP contribution is 2.38. The van der Waals surface area contributed by atoms with Crippen LogP contribution in [0.2, 0.25) is 0 Å². The first kappa shape index (κ1) is 25.5. The van der Waals surface area contributed by atoms with Gasteiger partial charge in [-0.25, -0.2) is 0 Å². The van der Waals surface area contributed by atoms with Crippen molar-refractivity contribution in [3.63, 3.8) is 0 Å². The fourth-order valence-electron chi connectivity index (χ4n) is 3.48. The Balaban J connectivity index is 1.57. The smallest absolute Gasteiger partial charge is 0.244 e. The minimum Gasteiger partial charge on any atom is -0.493 e. The van der Waals surface area contributed by atoms with Gasteiger partial charge in [0.05, 0.1) is 28.4 Å². The third-order valence-electron chi connectivity index (χ3n) is 5.29. The van der Waals surface area contributed by atoms with Crippen LogP contribution in [0.25, 0.3) is 6.08 Å². The van der Waals surface area contributed by atoms with E-state index in [2.05, 4.69) is 5.32 Å². The number of rotatable bonds is 12. The van der Waals surface area contributed by atoms with Crippen LogP contribution in [0, 0.1) is 0 Å². The van der Waals surface area contributed by atoms with E-state index in [9.17, 15) is 4.79 Å². The topological polar surface area (TPSA) is 75.3 Å². The molecule has 1 amide bonds. The van der Waals surface area contributed by atoms with Crippen molar-refractivity contribution < 1.29 is 28.5 Å². The Labute approximate surface area is 206 Å². The van der Waals surface area contributed by atoms with Gasteiger partial charge in [0, 0.05) is 12.6 Å². The number of carbonyl (C=O) groups is 1. The number of benzene rings is 3. The third kappa shape index (κ3) is 7.17. The summed E-state index contributed by atoms with van der Waals surface area (Å²) in [5, 5.41) is 2.90. The third-order valence-corrected chi connectivity index (χ3v) is 5.29. The summed E-state index contributed by atoms with van der Waals surface area (Å²) in [6.45, 7) is 0.923. The SMILES string of the molecule is COc1ccc(CCNC(=O)C=Cc2cc(OC)c(OC)c(OC)c2)cc1OCc1ccccc1. The van der Waals surface area contributed by atoms with Gasteiger partial charge < -0.3 is 29.0 Å². The molecule has 0 aliphatic heterocycles. The predicted molar refractivity (Wildman–Crippen MR) is 136 cm³/mol. The number of nitrogens with one attached hydrogen (secondary N) is 1. The van der Waals surface area contributed by atoms with Gasteiger partial charge in [-0.2, -0.15) is 0 Å². The molecule has 184 valence electrons. The maximum absolute atomic E-state index is 12.3. The van der Waals surface area contributed by atoms with Crippen LogP contribution >= 0.6 is 0 Å². The summed E-state index contributed by atoms with van der Waals surface area (Å²) in [7, 11) is 6.26. The molecule has 0 heterocycles. The van der Waals surface area contributed by atoms with E-state index in [1.807, 2.05) is 48.5 Å². The second-order valence-electron chi connectivity index (χ2n) is 7.59. The normalized spacial score (nSPS) is 10.6. The molecule has 0 atom stereocenters. The summed E-state index contributed by atoms with van der Waals surface area (Å²) in [5.41, 5.74) is 2.86. The number of methoxy groups -OCH3 is 4. The minimum atomic E-state index is -0.201. The first-order valence-electron chi connectivity index (χ1n) is 11.2. The fourth-order valence-corrected chi connectivity index (χ4v) is 3.48. The molecule has 0 radical (unpaired) electrons. The molecule has 0 unspecified atom stereocenters. The molecule has 0 saturated carbocycles. The molecule has 3 rings (SSSR count). The summed E-state index contributed by atoms with van der Waals surface area (Å²) >= 11 is 0. The van der Waals surface area contributed by atoms with Crippen LogP contribution in [0.3, 0.4) is 0 Å². The van der Waals surface area contributed by atoms with E-state index in [0.29, 0.717) is 48.3 Å². The number of hydrogen-bond acceptors (Lipinski definition) is 6. The average Bonchev–Trinajstić information content (AvgIpc) is 2.90. The lowest BCUT2D eigenvalue weighted by Gasteiger charge is -2.13. The Morgan fingerprint density at radius 3 is 2.09 bits per heavy atom. The van der Waals surface area contributed by atoms with Crippen molar-refractivity contribution in [2.24, 2.45) is 0 Å². The lowest BCUT2D eigenvalue weighted by atomic mass is 10.1. The van der Waals surface area contributed by atoms with Crippen molar-refractivity contribution in [1.82, 2.24) is 5.32 Å². The summed E-state index contributed by atoms with van der Waals surface area (Å²) in [5.74, 6) is 2.69. The van der Waals surface area contributed by atoms with Gasteiger partial charge in [0.15, 0.2) is 23.0 Å². The molecular formula is C28H31NO6. The number of hydrogen-bond donors (Lipinski definition) is 1. The summed E-state index contributed by atoms with van der Waals surface area (Å²) in [6.07, 6.45) is 3.82. The van der Waals surface area contributed by atoms with Crippen molar-refractivity contribution in [1.29, 1.82) is 0 Å². The summed E-state index contributed by atoms with van der Waals surface area (Å²) in [6, 6.07) is 19.3. The number of amides is 1. The van der Waals surface area contributed by atoms with Crippen molar-refractivity contribution in [3.8, 4) is 28.7 Å². The molecule has 0 bridgehead atoms. The lowest BCUT2D eigenvalue weighted by Crippen LogP contribution is -2.23. The maximum Gasteiger partial charge on any atom is 0.244 e. The molecule has 35 heavy (non-hydrogen) atoms. The molecule has 0 aliphatic rings. The lowest BCUT2D eigenvalue weighted by molar-refractivity contribution is -0.116. The fraction of sp³-hybridized carbons (Fsp3) is 0.250. The zero-order valence-electron chi connectivity index (χ0n) is 20.5. The van der Waals surface area contributed by atoms with Gasteiger partial charge in [-0.05, 0) is 53.5 Å². The van der Waals surface area contributed by atoms with Crippen LogP contribution in [0.5, 0.6) is 28.7 Å². The number of carbonyl (C=O) groups excluding carboxylic acids is 1. The molecule has 0 spiro atoms. The van der Waals surface area contributed by atoms with Crippen LogP contribution in [-0.2, 0) is 17.8 Å². The molecule has 3 aromatic rings. The van der Waals surface area contributed by atoms with Gasteiger partial charge in [-0.3, -0.25) is 4.79 Å². The molecule has 7 nitrogen and oxygen atoms in total. The summed E-state index contributed by atoms with van der Waals surface area (Å²) in [4.78, 5) is 12.3. The van der Waals surface area contributed by atoms with Crippen LogP contribution in [0.4, 0.5) is 0 Å². The Bertz CT molecular complexity index is 1120. The second kappa shape index (κ2) is 12.9. The molecule has 0 aliphatic carbocycles. The molecule has 1 N–H and O–H groups in total. The highest BCUT2D eigenvalue weighted by molar-refractivity contribution is 5.91. The van der Waals surface area contributed by atoms with Crippen LogP contribution in [0.1, 0.15) is 16.7 Å². The quantitative estimate of drug-likeness (QED) is 0.382. The molecule has 0 aromatic heterocycles. The van der Waals surface area contributed by atoms with Crippen LogP contribution in [-0.4, -0.2) is 40.9 Å². The van der Waals surface area contributed by atoms with E-state index in [1.54, 1.807) is 46.6 Å². The molecule has 0 saturated heterocycles. The van der Waals surface area contributed by atoms with Gasteiger partial charge in [0.1, 0.15) is 6.61 Å². The Morgan fingerprint density at radius 2 is 1.46 bits per heavy atom. The van der Waals surface area contributed by atoms with Gasteiger partial charge >= 0.3 is 0 Å². The largest absolute Gasteiger partial charge is 0.493 e. The van der Waals surface area contributed by atoms with E-state index in [1.165, 1.54) is 6.08 Å². The molecule has 3 aromatic carbocycles. The highest BCUT2D eigenvalue weighted by Gasteiger charge is 2.12. The zero-order chi connectivity index (χ0) is 25.0. The van der Waals surface area contributed by atoms with Gasteiger partial charge in [-0.15, -0.1) is 0 Å². The van der Waals surface area contributed by atoms with Crippen molar-refractivity contribution in [3.05, 3.63) is 83.4 Å². The van der Waals surface area contributed by atoms with Gasteiger partial charge in [0.2, 0.25) is 11.7 Å². The maximum atomic E-state index is 12.3. The van der Waals surface area contributed by atoms with Crippen molar-refractivity contribution >= 4 is 12.0 Å². The summed E-state index contributed by atoms with van der Waals surface area (Å²) < 4.78 is 27.4. The Kier molecular flexibility index (Phi) is 9.42. The minimum absolute atomic E-state index is 0.201. The second-order valence-corrected chi connectivity index (χ2v) is 7.59. The van der Waals surface area contributed by atoms with E-state index >= 15 is 0 Å². The van der Waals surface area contributed by atoms with Crippen molar-refractivity contribution in [2.45, 2.75) is 13.0 Å². The molecular weight excluding hydrogens is 446 g/mol. The van der Waals surface area contributed by atoms with E-state index in [4.69, 9.17) is 23.7 Å². The molecule has 0 fully saturated rings. The van der Waals surface area contributed by atoms with Gasteiger partial charge in [-0.1, -0.05) is 36.4 Å². The Hall–Kier alpha value is -4.13. The zero-order valence-corrected chi connectivity index (χ0v) is 20.5. The first-order valence-corrected chi connectivity index (χ1v) is 11.2. The van der Waals surface area contributed by atoms with Crippen LogP contribution in [0.15, 0.2) is 66.7 Å². The van der Waals surface area contributed by atoms with E-state index in [-0.39, 0.29) is 5.91 Å². The standard InChI is InChI=1S/C28H31NO6/c1-31-23-12-10-20(16-24(23)35-19-21-8-6-5-7-9-21)14-15-29-27(30)13-11-22-17-25(32-2)28(34-4)26(18-22)33-3/h5-13,16-18H,14-15,19H2,1-4H3,(H,29,30). The van der Waals surface area contributed by atoms with Gasteiger partial charge in [0.25, 0.3) is 0 Å². The van der Waals surface area contributed by atoms with Crippen molar-refractivity contribution in [2.75, 3.05) is 35.0 Å². The average molecular weight is 478 g/mol. The monoisotopic (exact) mass is 477 g/mol. The Morgan fingerprint density at radius 1 is 0.771 bits per heavy atom. The number of ether oxygens (including phenoxy) is 5. The molecule has 7 heteroatoms. The first-order chi connectivity index (χ1) is 17.1. The van der Waals surface area contributed by atoms with Crippen LogP contribution < -0.4 is 29.0 Å². The van der Waals surface area contributed by atoms with E-state index in [0.717, 1.165) is 16.7 Å². The highest BCUT2D eigenvalue weighted by atomic mass is 16.5. The predicted octanol–water partition coefficient (Wildman–Crippen LogP) is 4.67.